The van der Waals surface area contributed by atoms with Gasteiger partial charge in [0.1, 0.15) is 0 Å². The van der Waals surface area contributed by atoms with E-state index in [2.05, 4.69) is 136 Å². The van der Waals surface area contributed by atoms with Crippen molar-refractivity contribution < 1.29 is 24.7 Å². The zero-order chi connectivity index (χ0) is 29.8. The van der Waals surface area contributed by atoms with E-state index in [4.69, 9.17) is 0 Å². The van der Waals surface area contributed by atoms with Gasteiger partial charge in [0.15, 0.2) is 0 Å². The number of hydrogen-bond donors (Lipinski definition) is 0. The minimum atomic E-state index is 0. The number of aryl methyl sites for hydroxylation is 1. The first-order valence-electron chi connectivity index (χ1n) is 15.0. The molecule has 0 bridgehead atoms. The van der Waals surface area contributed by atoms with Crippen LogP contribution in [0.25, 0.3) is 66.1 Å². The molecule has 0 spiro atoms. The van der Waals surface area contributed by atoms with Gasteiger partial charge in [-0.3, -0.25) is 0 Å². The molecule has 0 unspecified atom stereocenters. The molecule has 9 rings (SSSR count). The van der Waals surface area contributed by atoms with Crippen molar-refractivity contribution in [2.75, 3.05) is 0 Å². The smallest absolute Gasteiger partial charge is 0.342 e. The molecule has 0 saturated carbocycles. The molecule has 9 aromatic rings. The van der Waals surface area contributed by atoms with Crippen LogP contribution in [0.1, 0.15) is 25.5 Å². The number of fused-ring (bicyclic) bond motifs is 7. The Balaban J connectivity index is 0.000000196. The summed E-state index contributed by atoms with van der Waals surface area (Å²) in [6, 6.07) is 47.3. The third-order valence-electron chi connectivity index (χ3n) is 8.36. The number of rotatable bonds is 3. The maximum absolute atomic E-state index is 4.32. The largest absolute Gasteiger partial charge is 3.00 e. The van der Waals surface area contributed by atoms with Crippen molar-refractivity contribution in [3.63, 3.8) is 0 Å². The summed E-state index contributed by atoms with van der Waals surface area (Å²) in [4.78, 5) is 4.32. The van der Waals surface area contributed by atoms with E-state index in [0.29, 0.717) is 6.04 Å². The standard InChI is InChI=1S/C28H20N3.C12H10N.Ir/c1-18(2)29-17-30(26-13-6-5-12-25(26)29)19-14-15-21-23-10-7-9-22-20-8-3-4-11-24(20)31(28(22)23)27(21)16-19;1-10-7-8-12(13-9-10)11-5-3-2-4-6-11;/h3-15,18H,1-2H3;2-5,7-9H,1H3;/q2*-1;+3. The minimum Gasteiger partial charge on any atom is -0.342 e. The van der Waals surface area contributed by atoms with Gasteiger partial charge < -0.3 is 18.5 Å². The Morgan fingerprint density at radius 3 is 2.20 bits per heavy atom. The van der Waals surface area contributed by atoms with Gasteiger partial charge in [-0.2, -0.15) is 18.2 Å². The molecule has 0 saturated heterocycles. The molecule has 0 radical (unpaired) electrons. The number of nitrogens with zero attached hydrogens (tertiary/aromatic N) is 4. The van der Waals surface area contributed by atoms with Gasteiger partial charge in [-0.05, 0) is 43.5 Å². The Kier molecular flexibility index (Phi) is 7.45. The van der Waals surface area contributed by atoms with Gasteiger partial charge in [0.25, 0.3) is 0 Å². The molecule has 218 valence electrons. The summed E-state index contributed by atoms with van der Waals surface area (Å²) in [6.07, 6.45) is 5.44. The van der Waals surface area contributed by atoms with E-state index < -0.39 is 0 Å². The van der Waals surface area contributed by atoms with E-state index in [1.54, 1.807) is 0 Å². The summed E-state index contributed by atoms with van der Waals surface area (Å²) in [6.45, 7) is 6.42. The number of para-hydroxylation sites is 4. The minimum absolute atomic E-state index is 0. The van der Waals surface area contributed by atoms with Gasteiger partial charge in [-0.1, -0.05) is 84.0 Å². The van der Waals surface area contributed by atoms with Gasteiger partial charge in [-0.15, -0.1) is 41.3 Å². The Morgan fingerprint density at radius 1 is 0.711 bits per heavy atom. The summed E-state index contributed by atoms with van der Waals surface area (Å²) in [5.41, 5.74) is 10.2. The van der Waals surface area contributed by atoms with Gasteiger partial charge in [0.2, 0.25) is 6.33 Å². The normalized spacial score (nSPS) is 11.5. The molecule has 4 nitrogen and oxygen atoms in total. The van der Waals surface area contributed by atoms with Crippen molar-refractivity contribution in [1.82, 2.24) is 14.0 Å². The van der Waals surface area contributed by atoms with E-state index in [1.807, 2.05) is 43.5 Å². The number of imidazole rings is 1. The van der Waals surface area contributed by atoms with Crippen LogP contribution < -0.4 is 4.57 Å². The molecule has 45 heavy (non-hydrogen) atoms. The van der Waals surface area contributed by atoms with E-state index in [-0.39, 0.29) is 20.1 Å². The van der Waals surface area contributed by atoms with Crippen molar-refractivity contribution in [3.05, 3.63) is 145 Å². The second kappa shape index (κ2) is 11.6. The predicted octanol–water partition coefficient (Wildman–Crippen LogP) is 9.10. The summed E-state index contributed by atoms with van der Waals surface area (Å²) >= 11 is 0. The third-order valence-corrected chi connectivity index (χ3v) is 8.36. The van der Waals surface area contributed by atoms with Gasteiger partial charge in [0.05, 0.1) is 22.6 Å². The number of hydrogen-bond acceptors (Lipinski definition) is 1. The summed E-state index contributed by atoms with van der Waals surface area (Å²) in [5.74, 6) is 0. The number of aromatic nitrogens is 4. The molecule has 0 atom stereocenters. The Bertz CT molecular complexity index is 2420. The first-order valence-corrected chi connectivity index (χ1v) is 15.0. The molecule has 5 aromatic carbocycles. The third kappa shape index (κ3) is 4.80. The summed E-state index contributed by atoms with van der Waals surface area (Å²) in [5, 5.41) is 5.11. The second-order valence-corrected chi connectivity index (χ2v) is 11.5. The van der Waals surface area contributed by atoms with Crippen LogP contribution in [0.3, 0.4) is 0 Å². The van der Waals surface area contributed by atoms with Crippen LogP contribution in [0, 0.1) is 25.4 Å². The quantitative estimate of drug-likeness (QED) is 0.131. The topological polar surface area (TPSA) is 26.1 Å². The van der Waals surface area contributed by atoms with Crippen molar-refractivity contribution in [1.29, 1.82) is 0 Å². The summed E-state index contributed by atoms with van der Waals surface area (Å²) in [7, 11) is 0. The van der Waals surface area contributed by atoms with E-state index in [1.165, 1.54) is 43.7 Å². The Labute approximate surface area is 275 Å². The molecule has 0 amide bonds. The molecule has 0 N–H and O–H groups in total. The Hall–Kier alpha value is -4.83. The van der Waals surface area contributed by atoms with Crippen LogP contribution in [-0.2, 0) is 20.1 Å². The van der Waals surface area contributed by atoms with Gasteiger partial charge >= 0.3 is 20.1 Å². The average molecular weight is 759 g/mol. The molecule has 0 fully saturated rings. The fourth-order valence-electron chi connectivity index (χ4n) is 6.29. The van der Waals surface area contributed by atoms with Crippen LogP contribution >= 0.6 is 0 Å². The SMILES string of the molecule is CC(C)[n+]1[c-]n(-c2[c-]c3c(cc2)c2cccc4c5ccccc5n3c24)c2ccccc21.Cc1ccc(-c2[c-]cccc2)nc1.[Ir+3]. The molecule has 4 heterocycles. The number of benzene rings is 5. The van der Waals surface area contributed by atoms with Crippen LogP contribution in [0.2, 0.25) is 0 Å². The molecular weight excluding hydrogens is 729 g/mol. The summed E-state index contributed by atoms with van der Waals surface area (Å²) < 4.78 is 6.72. The van der Waals surface area contributed by atoms with Gasteiger partial charge in [-0.25, -0.2) is 0 Å². The maximum atomic E-state index is 4.32. The van der Waals surface area contributed by atoms with Crippen LogP contribution in [-0.4, -0.2) is 14.0 Å². The van der Waals surface area contributed by atoms with Crippen molar-refractivity contribution in [2.24, 2.45) is 0 Å². The molecule has 0 aliphatic rings. The van der Waals surface area contributed by atoms with Crippen LogP contribution in [0.15, 0.2) is 121 Å². The molecular formula is C40H30IrN4+. The zero-order valence-electron chi connectivity index (χ0n) is 25.2. The van der Waals surface area contributed by atoms with Crippen molar-refractivity contribution in [3.8, 4) is 16.9 Å². The monoisotopic (exact) mass is 759 g/mol. The van der Waals surface area contributed by atoms with Crippen molar-refractivity contribution in [2.45, 2.75) is 26.8 Å². The molecule has 0 aliphatic carbocycles. The fraction of sp³-hybridized carbons (Fsp3) is 0.100. The van der Waals surface area contributed by atoms with E-state index >= 15 is 0 Å². The zero-order valence-corrected chi connectivity index (χ0v) is 27.6. The molecule has 0 aliphatic heterocycles. The van der Waals surface area contributed by atoms with E-state index in [9.17, 15) is 0 Å². The van der Waals surface area contributed by atoms with Crippen molar-refractivity contribution >= 4 is 49.1 Å². The first-order chi connectivity index (χ1) is 21.6. The second-order valence-electron chi connectivity index (χ2n) is 11.5. The number of pyridine rings is 1. The Morgan fingerprint density at radius 2 is 1.44 bits per heavy atom. The fourth-order valence-corrected chi connectivity index (χ4v) is 6.29. The average Bonchev–Trinajstić information content (AvgIpc) is 3.73. The molecule has 4 aromatic heterocycles. The van der Waals surface area contributed by atoms with Gasteiger partial charge in [0, 0.05) is 22.5 Å². The van der Waals surface area contributed by atoms with Crippen LogP contribution in [0.5, 0.6) is 0 Å². The molecule has 5 heteroatoms. The maximum Gasteiger partial charge on any atom is 3.00 e. The predicted molar refractivity (Wildman–Crippen MR) is 179 cm³/mol. The first kappa shape index (κ1) is 28.9. The van der Waals surface area contributed by atoms with Crippen LogP contribution in [0.4, 0.5) is 0 Å². The van der Waals surface area contributed by atoms with E-state index in [0.717, 1.165) is 28.0 Å².